The number of hydrogen-bond donors (Lipinski definition) is 3. The average Bonchev–Trinajstić information content (AvgIpc) is 2.93. The molecule has 1 heterocycles. The highest BCUT2D eigenvalue weighted by atomic mass is 32.1. The molecular weight excluding hydrogens is 260 g/mol. The van der Waals surface area contributed by atoms with Gasteiger partial charge in [-0.15, -0.1) is 11.3 Å². The summed E-state index contributed by atoms with van der Waals surface area (Å²) in [4.78, 5) is 12.6. The van der Waals surface area contributed by atoms with Crippen molar-refractivity contribution >= 4 is 17.4 Å². The van der Waals surface area contributed by atoms with Crippen molar-refractivity contribution in [3.63, 3.8) is 0 Å². The van der Waals surface area contributed by atoms with Crippen LogP contribution in [0.1, 0.15) is 49.5 Å². The van der Waals surface area contributed by atoms with Gasteiger partial charge in [-0.25, -0.2) is 4.79 Å². The minimum atomic E-state index is -0.477. The number of thiophene rings is 1. The van der Waals surface area contributed by atoms with Crippen LogP contribution in [0.4, 0.5) is 4.79 Å². The molecule has 0 aliphatic heterocycles. The Labute approximate surface area is 118 Å². The lowest BCUT2D eigenvalue weighted by Crippen LogP contribution is -2.43. The van der Waals surface area contributed by atoms with Crippen molar-refractivity contribution in [3.05, 3.63) is 22.4 Å². The zero-order valence-corrected chi connectivity index (χ0v) is 11.9. The SMILES string of the molecule is O=C(NCC[C@@H](O)c1cccs1)NC1CCCCC1. The van der Waals surface area contributed by atoms with E-state index in [4.69, 9.17) is 0 Å². The molecule has 1 saturated carbocycles. The molecule has 1 atom stereocenters. The van der Waals surface area contributed by atoms with E-state index in [1.54, 1.807) is 11.3 Å². The molecule has 4 nitrogen and oxygen atoms in total. The summed E-state index contributed by atoms with van der Waals surface area (Å²) in [7, 11) is 0. The minimum Gasteiger partial charge on any atom is -0.388 e. The molecule has 1 fully saturated rings. The monoisotopic (exact) mass is 282 g/mol. The van der Waals surface area contributed by atoms with Crippen LogP contribution in [0.15, 0.2) is 17.5 Å². The lowest BCUT2D eigenvalue weighted by Gasteiger charge is -2.23. The van der Waals surface area contributed by atoms with Crippen molar-refractivity contribution in [2.24, 2.45) is 0 Å². The van der Waals surface area contributed by atoms with Crippen LogP contribution in [-0.4, -0.2) is 23.7 Å². The van der Waals surface area contributed by atoms with Crippen molar-refractivity contribution < 1.29 is 9.90 Å². The van der Waals surface area contributed by atoms with E-state index in [1.807, 2.05) is 17.5 Å². The molecule has 0 bridgehead atoms. The smallest absolute Gasteiger partial charge is 0.315 e. The molecule has 3 N–H and O–H groups in total. The maximum atomic E-state index is 11.7. The standard InChI is InChI=1S/C14H22N2O2S/c17-12(13-7-4-10-19-13)8-9-15-14(18)16-11-5-2-1-3-6-11/h4,7,10-12,17H,1-3,5-6,8-9H2,(H2,15,16,18)/t12-/m1/s1. The molecule has 106 valence electrons. The first-order valence-corrected chi connectivity index (χ1v) is 7.89. The minimum absolute atomic E-state index is 0.106. The molecule has 1 aliphatic rings. The second-order valence-electron chi connectivity index (χ2n) is 5.06. The Bertz CT molecular complexity index is 375. The van der Waals surface area contributed by atoms with Crippen LogP contribution in [-0.2, 0) is 0 Å². The van der Waals surface area contributed by atoms with Crippen LogP contribution in [0.25, 0.3) is 0 Å². The van der Waals surface area contributed by atoms with Gasteiger partial charge >= 0.3 is 6.03 Å². The Morgan fingerprint density at radius 2 is 2.21 bits per heavy atom. The first-order valence-electron chi connectivity index (χ1n) is 7.01. The molecule has 0 spiro atoms. The summed E-state index contributed by atoms with van der Waals surface area (Å²) < 4.78 is 0. The summed E-state index contributed by atoms with van der Waals surface area (Å²) in [5.74, 6) is 0. The summed E-state index contributed by atoms with van der Waals surface area (Å²) in [5, 5.41) is 17.6. The molecule has 1 aromatic rings. The third-order valence-electron chi connectivity index (χ3n) is 3.52. The van der Waals surface area contributed by atoms with Gasteiger partial charge in [0.2, 0.25) is 0 Å². The average molecular weight is 282 g/mol. The number of aliphatic hydroxyl groups excluding tert-OH is 1. The number of nitrogens with one attached hydrogen (secondary N) is 2. The highest BCUT2D eigenvalue weighted by molar-refractivity contribution is 7.10. The van der Waals surface area contributed by atoms with Crippen molar-refractivity contribution in [3.8, 4) is 0 Å². The molecule has 1 aromatic heterocycles. The van der Waals surface area contributed by atoms with Gasteiger partial charge in [-0.3, -0.25) is 0 Å². The number of hydrogen-bond acceptors (Lipinski definition) is 3. The maximum absolute atomic E-state index is 11.7. The van der Waals surface area contributed by atoms with Gasteiger partial charge in [-0.2, -0.15) is 0 Å². The van der Waals surface area contributed by atoms with Gasteiger partial charge < -0.3 is 15.7 Å². The third-order valence-corrected chi connectivity index (χ3v) is 4.49. The Balaban J connectivity index is 1.61. The van der Waals surface area contributed by atoms with E-state index in [2.05, 4.69) is 10.6 Å². The Morgan fingerprint density at radius 3 is 2.89 bits per heavy atom. The van der Waals surface area contributed by atoms with Crippen LogP contribution >= 0.6 is 11.3 Å². The number of aliphatic hydroxyl groups is 1. The van der Waals surface area contributed by atoms with E-state index < -0.39 is 6.10 Å². The molecule has 5 heteroatoms. The zero-order valence-electron chi connectivity index (χ0n) is 11.1. The largest absolute Gasteiger partial charge is 0.388 e. The predicted molar refractivity (Wildman–Crippen MR) is 77.3 cm³/mol. The maximum Gasteiger partial charge on any atom is 0.315 e. The highest BCUT2D eigenvalue weighted by Crippen LogP contribution is 2.21. The first kappa shape index (κ1) is 14.3. The first-order chi connectivity index (χ1) is 9.25. The van der Waals surface area contributed by atoms with E-state index in [0.29, 0.717) is 19.0 Å². The van der Waals surface area contributed by atoms with Crippen molar-refractivity contribution in [2.45, 2.75) is 50.7 Å². The van der Waals surface area contributed by atoms with Crippen LogP contribution in [0.3, 0.4) is 0 Å². The van der Waals surface area contributed by atoms with Crippen LogP contribution < -0.4 is 10.6 Å². The number of carbonyl (C=O) groups is 1. The molecule has 0 saturated heterocycles. The van der Waals surface area contributed by atoms with Gasteiger partial charge in [0.25, 0.3) is 0 Å². The lowest BCUT2D eigenvalue weighted by molar-refractivity contribution is 0.170. The predicted octanol–water partition coefficient (Wildman–Crippen LogP) is 2.80. The molecule has 2 rings (SSSR count). The van der Waals surface area contributed by atoms with Gasteiger partial charge in [0.1, 0.15) is 0 Å². The highest BCUT2D eigenvalue weighted by Gasteiger charge is 2.15. The van der Waals surface area contributed by atoms with Crippen molar-refractivity contribution in [2.75, 3.05) is 6.54 Å². The van der Waals surface area contributed by atoms with Gasteiger partial charge in [0, 0.05) is 17.5 Å². The Kier molecular flexibility index (Phi) is 5.66. The molecule has 0 radical (unpaired) electrons. The van der Waals surface area contributed by atoms with E-state index in [9.17, 15) is 9.90 Å². The number of amides is 2. The summed E-state index contributed by atoms with van der Waals surface area (Å²) in [6.45, 7) is 0.498. The van der Waals surface area contributed by atoms with Crippen LogP contribution in [0.2, 0.25) is 0 Å². The molecule has 0 aromatic carbocycles. The fraction of sp³-hybridized carbons (Fsp3) is 0.643. The Hall–Kier alpha value is -1.07. The fourth-order valence-corrected chi connectivity index (χ4v) is 3.18. The summed E-state index contributed by atoms with van der Waals surface area (Å²) >= 11 is 1.54. The van der Waals surface area contributed by atoms with Gasteiger partial charge in [0.15, 0.2) is 0 Å². The number of carbonyl (C=O) groups excluding carboxylic acids is 1. The van der Waals surface area contributed by atoms with Gasteiger partial charge in [-0.05, 0) is 30.7 Å². The topological polar surface area (TPSA) is 61.4 Å². The van der Waals surface area contributed by atoms with Crippen molar-refractivity contribution in [1.29, 1.82) is 0 Å². The molecular formula is C14H22N2O2S. The Morgan fingerprint density at radius 1 is 1.42 bits per heavy atom. The molecule has 2 amide bonds. The lowest BCUT2D eigenvalue weighted by atomic mass is 9.96. The summed E-state index contributed by atoms with van der Waals surface area (Å²) in [6.07, 6.45) is 5.96. The third kappa shape index (κ3) is 4.84. The summed E-state index contributed by atoms with van der Waals surface area (Å²) in [5.41, 5.74) is 0. The quantitative estimate of drug-likeness (QED) is 0.777. The van der Waals surface area contributed by atoms with Crippen molar-refractivity contribution in [1.82, 2.24) is 10.6 Å². The van der Waals surface area contributed by atoms with E-state index in [1.165, 1.54) is 19.3 Å². The van der Waals surface area contributed by atoms with Gasteiger partial charge in [-0.1, -0.05) is 25.3 Å². The zero-order chi connectivity index (χ0) is 13.5. The fourth-order valence-electron chi connectivity index (χ4n) is 2.43. The van der Waals surface area contributed by atoms with E-state index in [-0.39, 0.29) is 6.03 Å². The summed E-state index contributed by atoms with van der Waals surface area (Å²) in [6, 6.07) is 4.06. The van der Waals surface area contributed by atoms with E-state index >= 15 is 0 Å². The van der Waals surface area contributed by atoms with Gasteiger partial charge in [0.05, 0.1) is 6.10 Å². The second kappa shape index (κ2) is 7.50. The molecule has 0 unspecified atom stereocenters. The normalized spacial score (nSPS) is 17.9. The number of urea groups is 1. The molecule has 19 heavy (non-hydrogen) atoms. The van der Waals surface area contributed by atoms with Crippen LogP contribution in [0.5, 0.6) is 0 Å². The van der Waals surface area contributed by atoms with Crippen LogP contribution in [0, 0.1) is 0 Å². The number of rotatable bonds is 5. The van der Waals surface area contributed by atoms with E-state index in [0.717, 1.165) is 17.7 Å². The second-order valence-corrected chi connectivity index (χ2v) is 6.03. The molecule has 1 aliphatic carbocycles.